The minimum absolute atomic E-state index is 0.0107. The Hall–Kier alpha value is -2.22. The molecule has 0 unspecified atom stereocenters. The molecular weight excluding hydrogens is 322 g/mol. The normalized spacial score (nSPS) is 17.0. The van der Waals surface area contributed by atoms with Crippen molar-refractivity contribution in [2.24, 2.45) is 7.05 Å². The Balaban J connectivity index is 1.68. The quantitative estimate of drug-likeness (QED) is 0.819. The molecule has 1 aliphatic heterocycles. The van der Waals surface area contributed by atoms with E-state index in [2.05, 4.69) is 15.2 Å². The van der Waals surface area contributed by atoms with Crippen molar-refractivity contribution in [3.8, 4) is 11.6 Å². The molecule has 0 aliphatic carbocycles. The van der Waals surface area contributed by atoms with Crippen molar-refractivity contribution in [3.05, 3.63) is 18.4 Å². The molecule has 3 heterocycles. The van der Waals surface area contributed by atoms with Gasteiger partial charge in [0, 0.05) is 26.3 Å². The second kappa shape index (κ2) is 5.94. The monoisotopic (exact) mass is 347 g/mol. The van der Waals surface area contributed by atoms with Gasteiger partial charge in [0.05, 0.1) is 17.8 Å². The number of nitrogens with zero attached hydrogens (tertiary/aromatic N) is 5. The molecule has 25 heavy (non-hydrogen) atoms. The average Bonchev–Trinajstić information content (AvgIpc) is 3.10. The van der Waals surface area contributed by atoms with Gasteiger partial charge >= 0.3 is 0 Å². The van der Waals surface area contributed by atoms with Crippen LogP contribution < -0.4 is 0 Å². The first-order valence-electron chi connectivity index (χ1n) is 8.40. The SMILES string of the molecule is CC(C)OC(C)(C)C(=O)N1CC(C)(c2nnc(-c3cn(C)cn3)o2)C1. The summed E-state index contributed by atoms with van der Waals surface area (Å²) in [4.78, 5) is 18.6. The number of hydrogen-bond acceptors (Lipinski definition) is 6. The van der Waals surface area contributed by atoms with E-state index in [4.69, 9.17) is 9.15 Å². The van der Waals surface area contributed by atoms with Crippen LogP contribution in [0.1, 0.15) is 40.5 Å². The summed E-state index contributed by atoms with van der Waals surface area (Å²) >= 11 is 0. The van der Waals surface area contributed by atoms with Crippen LogP contribution >= 0.6 is 0 Å². The lowest BCUT2D eigenvalue weighted by Gasteiger charge is -2.48. The van der Waals surface area contributed by atoms with Crippen LogP contribution in [0.25, 0.3) is 11.6 Å². The maximum Gasteiger partial charge on any atom is 0.267 e. The van der Waals surface area contributed by atoms with Crippen LogP contribution in [0.3, 0.4) is 0 Å². The van der Waals surface area contributed by atoms with E-state index in [1.807, 2.05) is 38.6 Å². The fourth-order valence-electron chi connectivity index (χ4n) is 3.19. The smallest absolute Gasteiger partial charge is 0.267 e. The van der Waals surface area contributed by atoms with Crippen LogP contribution in [-0.4, -0.2) is 55.4 Å². The Morgan fingerprint density at radius 2 is 2.04 bits per heavy atom. The maximum absolute atomic E-state index is 12.7. The first kappa shape index (κ1) is 17.6. The Bertz CT molecular complexity index is 771. The first-order chi connectivity index (χ1) is 11.6. The summed E-state index contributed by atoms with van der Waals surface area (Å²) in [7, 11) is 1.88. The summed E-state index contributed by atoms with van der Waals surface area (Å²) < 4.78 is 13.4. The number of ether oxygens (including phenoxy) is 1. The molecule has 0 aromatic carbocycles. The second-order valence-corrected chi connectivity index (χ2v) is 7.74. The number of aryl methyl sites for hydroxylation is 1. The van der Waals surface area contributed by atoms with Gasteiger partial charge in [-0.15, -0.1) is 10.2 Å². The third kappa shape index (κ3) is 3.30. The Labute approximate surface area is 147 Å². The lowest BCUT2D eigenvalue weighted by molar-refractivity contribution is -0.167. The Morgan fingerprint density at radius 1 is 1.36 bits per heavy atom. The zero-order chi connectivity index (χ0) is 18.4. The van der Waals surface area contributed by atoms with Crippen molar-refractivity contribution in [2.75, 3.05) is 13.1 Å². The van der Waals surface area contributed by atoms with Crippen LogP contribution in [0.5, 0.6) is 0 Å². The van der Waals surface area contributed by atoms with Crippen molar-refractivity contribution in [1.29, 1.82) is 0 Å². The van der Waals surface area contributed by atoms with Gasteiger partial charge in [0.15, 0.2) is 0 Å². The zero-order valence-corrected chi connectivity index (χ0v) is 15.6. The van der Waals surface area contributed by atoms with E-state index >= 15 is 0 Å². The summed E-state index contributed by atoms with van der Waals surface area (Å²) in [6.45, 7) is 10.5. The summed E-state index contributed by atoms with van der Waals surface area (Å²) in [6, 6.07) is 0. The molecule has 0 atom stereocenters. The highest BCUT2D eigenvalue weighted by atomic mass is 16.5. The van der Waals surface area contributed by atoms with Crippen molar-refractivity contribution in [3.63, 3.8) is 0 Å². The van der Waals surface area contributed by atoms with Crippen molar-refractivity contribution in [1.82, 2.24) is 24.6 Å². The van der Waals surface area contributed by atoms with Crippen LogP contribution in [0, 0.1) is 0 Å². The number of hydrogen-bond donors (Lipinski definition) is 0. The molecule has 0 N–H and O–H groups in total. The van der Waals surface area contributed by atoms with Crippen LogP contribution in [0.4, 0.5) is 0 Å². The standard InChI is InChI=1S/C17H25N5O3/c1-11(2)25-16(3,4)15(23)22-8-17(5,9-22)14-20-19-13(24-14)12-7-21(6)10-18-12/h7,10-11H,8-9H2,1-6H3. The van der Waals surface area contributed by atoms with Crippen LogP contribution in [-0.2, 0) is 22.0 Å². The van der Waals surface area contributed by atoms with E-state index < -0.39 is 5.60 Å². The molecule has 1 aliphatic rings. The summed E-state index contributed by atoms with van der Waals surface area (Å²) in [6.07, 6.45) is 3.49. The zero-order valence-electron chi connectivity index (χ0n) is 15.6. The third-order valence-corrected chi connectivity index (χ3v) is 4.28. The number of likely N-dealkylation sites (tertiary alicyclic amines) is 1. The molecule has 1 saturated heterocycles. The summed E-state index contributed by atoms with van der Waals surface area (Å²) in [5.74, 6) is 0.896. The van der Waals surface area contributed by atoms with E-state index in [-0.39, 0.29) is 17.4 Å². The number of carbonyl (C=O) groups excluding carboxylic acids is 1. The topological polar surface area (TPSA) is 86.3 Å². The highest BCUT2D eigenvalue weighted by molar-refractivity contribution is 5.85. The highest BCUT2D eigenvalue weighted by Crippen LogP contribution is 2.36. The number of aromatic nitrogens is 4. The first-order valence-corrected chi connectivity index (χ1v) is 8.40. The minimum atomic E-state index is -0.844. The van der Waals surface area contributed by atoms with Crippen LogP contribution in [0.2, 0.25) is 0 Å². The number of carbonyl (C=O) groups is 1. The number of rotatable bonds is 5. The van der Waals surface area contributed by atoms with Crippen molar-refractivity contribution < 1.29 is 13.9 Å². The van der Waals surface area contributed by atoms with Gasteiger partial charge in [-0.1, -0.05) is 0 Å². The molecule has 8 heteroatoms. The molecule has 2 aromatic heterocycles. The summed E-state index contributed by atoms with van der Waals surface area (Å²) in [5, 5.41) is 8.25. The molecule has 3 rings (SSSR count). The van der Waals surface area contributed by atoms with Gasteiger partial charge in [0.25, 0.3) is 11.8 Å². The molecule has 0 bridgehead atoms. The number of imidazole rings is 1. The Kier molecular flexibility index (Phi) is 4.18. The summed E-state index contributed by atoms with van der Waals surface area (Å²) in [5.41, 5.74) is -0.545. The molecular formula is C17H25N5O3. The van der Waals surface area contributed by atoms with Gasteiger partial charge in [-0.3, -0.25) is 4.79 Å². The van der Waals surface area contributed by atoms with E-state index in [0.29, 0.717) is 30.6 Å². The molecule has 0 saturated carbocycles. The lowest BCUT2D eigenvalue weighted by atomic mass is 9.81. The molecule has 1 amide bonds. The maximum atomic E-state index is 12.7. The average molecular weight is 347 g/mol. The van der Waals surface area contributed by atoms with Gasteiger partial charge in [0.2, 0.25) is 5.89 Å². The molecule has 136 valence electrons. The molecule has 0 spiro atoms. The largest absolute Gasteiger partial charge is 0.418 e. The van der Waals surface area contributed by atoms with Crippen LogP contribution in [0.15, 0.2) is 16.9 Å². The predicted molar refractivity (Wildman–Crippen MR) is 90.7 cm³/mol. The fraction of sp³-hybridized carbons (Fsp3) is 0.647. The van der Waals surface area contributed by atoms with Gasteiger partial charge in [-0.25, -0.2) is 4.98 Å². The second-order valence-electron chi connectivity index (χ2n) is 7.74. The molecule has 8 nitrogen and oxygen atoms in total. The molecule has 2 aromatic rings. The van der Waals surface area contributed by atoms with Gasteiger partial charge in [-0.05, 0) is 34.6 Å². The molecule has 0 radical (unpaired) electrons. The van der Waals surface area contributed by atoms with E-state index in [1.165, 1.54) is 0 Å². The van der Waals surface area contributed by atoms with E-state index in [9.17, 15) is 4.79 Å². The van der Waals surface area contributed by atoms with Gasteiger partial charge in [-0.2, -0.15) is 0 Å². The molecule has 1 fully saturated rings. The minimum Gasteiger partial charge on any atom is -0.418 e. The third-order valence-electron chi connectivity index (χ3n) is 4.28. The van der Waals surface area contributed by atoms with Crippen molar-refractivity contribution >= 4 is 5.91 Å². The predicted octanol–water partition coefficient (Wildman–Crippen LogP) is 1.77. The lowest BCUT2D eigenvalue weighted by Crippen LogP contribution is -2.64. The van der Waals surface area contributed by atoms with E-state index in [1.54, 1.807) is 25.1 Å². The van der Waals surface area contributed by atoms with Gasteiger partial charge < -0.3 is 18.6 Å². The van der Waals surface area contributed by atoms with Gasteiger partial charge in [0.1, 0.15) is 11.3 Å². The van der Waals surface area contributed by atoms with Crippen molar-refractivity contribution in [2.45, 2.75) is 51.7 Å². The van der Waals surface area contributed by atoms with E-state index in [0.717, 1.165) is 0 Å². The number of amides is 1. The highest BCUT2D eigenvalue weighted by Gasteiger charge is 2.50. The Morgan fingerprint density at radius 3 is 2.60 bits per heavy atom. The fourth-order valence-corrected chi connectivity index (χ4v) is 3.19.